The van der Waals surface area contributed by atoms with Crippen LogP contribution < -0.4 is 5.32 Å². The Morgan fingerprint density at radius 2 is 1.89 bits per heavy atom. The number of fused-ring (bicyclic) bond motifs is 2. The summed E-state index contributed by atoms with van der Waals surface area (Å²) in [7, 11) is 0. The number of carbonyl (C=O) groups is 4. The Bertz CT molecular complexity index is 1240. The molecule has 9 heteroatoms. The number of hydrogen-bond donors (Lipinski definition) is 2. The molecule has 5 rings (SSSR count). The zero-order valence-electron chi connectivity index (χ0n) is 21.0. The number of carbonyl (C=O) groups excluding carboxylic acids is 4. The largest absolute Gasteiger partial charge is 0.427 e. The molecule has 3 atom stereocenters. The molecule has 0 aromatic heterocycles. The Kier molecular flexibility index (Phi) is 6.49. The van der Waals surface area contributed by atoms with Crippen molar-refractivity contribution in [1.29, 1.82) is 0 Å². The predicted octanol–water partition coefficient (Wildman–Crippen LogP) is 2.95. The van der Waals surface area contributed by atoms with Crippen molar-refractivity contribution in [3.8, 4) is 0 Å². The van der Waals surface area contributed by atoms with Crippen LogP contribution in [0.25, 0.3) is 0 Å². The van der Waals surface area contributed by atoms with Crippen molar-refractivity contribution in [2.75, 3.05) is 11.9 Å². The standard InChI is InChI=1S/C28H31N3O6/c1-17(20-8-9-20)30(15-19-6-4-3-5-7-19)24(33)16-31-26(35)28(37-27(31)36)13-12-21-14-22(10-11-23(21)28)29-25(34)18(2)32/h3-7,10-11,14,17-18,20,32H,8-9,12-13,15-16H2,1-2H3,(H,29,34)/t17-,18?,28?/m0/s1. The quantitative estimate of drug-likeness (QED) is 0.570. The van der Waals surface area contributed by atoms with Gasteiger partial charge in [0.25, 0.3) is 11.8 Å². The molecule has 4 amide bonds. The number of rotatable bonds is 8. The maximum Gasteiger partial charge on any atom is 0.418 e. The number of hydrogen-bond acceptors (Lipinski definition) is 6. The van der Waals surface area contributed by atoms with Crippen molar-refractivity contribution in [3.05, 3.63) is 65.2 Å². The smallest absolute Gasteiger partial charge is 0.418 e. The lowest BCUT2D eigenvalue weighted by atomic mass is 9.94. The summed E-state index contributed by atoms with van der Waals surface area (Å²) in [6.45, 7) is 3.42. The van der Waals surface area contributed by atoms with Crippen molar-refractivity contribution < 1.29 is 29.0 Å². The minimum atomic E-state index is -1.47. The second-order valence-electron chi connectivity index (χ2n) is 10.2. The minimum Gasteiger partial charge on any atom is -0.427 e. The van der Waals surface area contributed by atoms with E-state index in [2.05, 4.69) is 5.32 Å². The molecule has 2 N–H and O–H groups in total. The number of ether oxygens (including phenoxy) is 1. The van der Waals surface area contributed by atoms with E-state index in [1.165, 1.54) is 6.92 Å². The van der Waals surface area contributed by atoms with Crippen LogP contribution in [0, 0.1) is 5.92 Å². The lowest BCUT2D eigenvalue weighted by Crippen LogP contribution is -2.47. The fraction of sp³-hybridized carbons (Fsp3) is 0.429. The van der Waals surface area contributed by atoms with Crippen LogP contribution in [0.4, 0.5) is 10.5 Å². The summed E-state index contributed by atoms with van der Waals surface area (Å²) >= 11 is 0. The molecular weight excluding hydrogens is 474 g/mol. The zero-order valence-corrected chi connectivity index (χ0v) is 21.0. The van der Waals surface area contributed by atoms with Crippen molar-refractivity contribution in [2.24, 2.45) is 5.92 Å². The molecule has 2 fully saturated rings. The van der Waals surface area contributed by atoms with Crippen LogP contribution in [0.2, 0.25) is 0 Å². The Morgan fingerprint density at radius 3 is 2.57 bits per heavy atom. The summed E-state index contributed by atoms with van der Waals surface area (Å²) in [5.41, 5.74) is 1.33. The van der Waals surface area contributed by atoms with Crippen molar-refractivity contribution >= 4 is 29.5 Å². The molecule has 1 saturated heterocycles. The topological polar surface area (TPSA) is 116 Å². The summed E-state index contributed by atoms with van der Waals surface area (Å²) in [4.78, 5) is 54.5. The van der Waals surface area contributed by atoms with Crippen molar-refractivity contribution in [2.45, 2.75) is 63.8 Å². The second kappa shape index (κ2) is 9.63. The first-order valence-electron chi connectivity index (χ1n) is 12.7. The van der Waals surface area contributed by atoms with Gasteiger partial charge in [0, 0.05) is 30.3 Å². The Labute approximate surface area is 215 Å². The summed E-state index contributed by atoms with van der Waals surface area (Å²) in [5.74, 6) is -0.948. The van der Waals surface area contributed by atoms with Crippen LogP contribution in [0.5, 0.6) is 0 Å². The van der Waals surface area contributed by atoms with Gasteiger partial charge in [0.05, 0.1) is 0 Å². The van der Waals surface area contributed by atoms with E-state index < -0.39 is 29.6 Å². The monoisotopic (exact) mass is 505 g/mol. The highest BCUT2D eigenvalue weighted by molar-refractivity contribution is 6.06. The van der Waals surface area contributed by atoms with Gasteiger partial charge in [0.2, 0.25) is 11.5 Å². The number of aliphatic hydroxyl groups is 1. The van der Waals surface area contributed by atoms with Gasteiger partial charge in [-0.3, -0.25) is 14.4 Å². The predicted molar refractivity (Wildman–Crippen MR) is 134 cm³/mol. The van der Waals surface area contributed by atoms with Gasteiger partial charge in [0.15, 0.2) is 0 Å². The minimum absolute atomic E-state index is 0.00197. The molecule has 3 aliphatic rings. The van der Waals surface area contributed by atoms with Crippen LogP contribution in [-0.2, 0) is 37.7 Å². The number of aliphatic hydroxyl groups excluding tert-OH is 1. The van der Waals surface area contributed by atoms with Gasteiger partial charge >= 0.3 is 6.09 Å². The average Bonchev–Trinajstić information content (AvgIpc) is 3.63. The number of imide groups is 1. The van der Waals surface area contributed by atoms with E-state index in [0.29, 0.717) is 30.1 Å². The molecular formula is C28H31N3O6. The molecule has 37 heavy (non-hydrogen) atoms. The molecule has 1 heterocycles. The summed E-state index contributed by atoms with van der Waals surface area (Å²) < 4.78 is 5.68. The molecule has 1 saturated carbocycles. The van der Waals surface area contributed by atoms with Crippen LogP contribution in [-0.4, -0.2) is 57.4 Å². The first kappa shape index (κ1) is 25.0. The van der Waals surface area contributed by atoms with Gasteiger partial charge in [-0.1, -0.05) is 36.4 Å². The Hall–Kier alpha value is -3.72. The van der Waals surface area contributed by atoms with Crippen LogP contribution in [0.1, 0.15) is 49.8 Å². The van der Waals surface area contributed by atoms with Gasteiger partial charge < -0.3 is 20.1 Å². The molecule has 2 aliphatic carbocycles. The Balaban J connectivity index is 1.34. The molecule has 194 valence electrons. The van der Waals surface area contributed by atoms with E-state index in [0.717, 1.165) is 28.9 Å². The third-order valence-electron chi connectivity index (χ3n) is 7.61. The van der Waals surface area contributed by atoms with Gasteiger partial charge in [0.1, 0.15) is 12.6 Å². The molecule has 2 unspecified atom stereocenters. The maximum atomic E-state index is 13.6. The van der Waals surface area contributed by atoms with Crippen molar-refractivity contribution in [3.63, 3.8) is 0 Å². The van der Waals surface area contributed by atoms with E-state index in [4.69, 9.17) is 4.74 Å². The van der Waals surface area contributed by atoms with Crippen LogP contribution in [0.15, 0.2) is 48.5 Å². The van der Waals surface area contributed by atoms with Gasteiger partial charge in [-0.05, 0) is 62.3 Å². The maximum absolute atomic E-state index is 13.6. The molecule has 1 spiro atoms. The van der Waals surface area contributed by atoms with Crippen LogP contribution in [0.3, 0.4) is 0 Å². The SMILES string of the molecule is CC(O)C(=O)Nc1ccc2c(c1)CCC21OC(=O)N(CC(=O)N(Cc2ccccc2)[C@@H](C)C2CC2)C1=O. The van der Waals surface area contributed by atoms with Gasteiger partial charge in [-0.2, -0.15) is 0 Å². The average molecular weight is 506 g/mol. The lowest BCUT2D eigenvalue weighted by molar-refractivity contribution is -0.143. The number of amides is 4. The van der Waals surface area contributed by atoms with E-state index in [1.807, 2.05) is 37.3 Å². The number of benzene rings is 2. The number of anilines is 1. The van der Waals surface area contributed by atoms with Gasteiger partial charge in [-0.15, -0.1) is 0 Å². The number of aryl methyl sites for hydroxylation is 1. The highest BCUT2D eigenvalue weighted by Crippen LogP contribution is 2.46. The third kappa shape index (κ3) is 4.71. The Morgan fingerprint density at radius 1 is 1.16 bits per heavy atom. The third-order valence-corrected chi connectivity index (χ3v) is 7.61. The van der Waals surface area contributed by atoms with Gasteiger partial charge in [-0.25, -0.2) is 9.69 Å². The fourth-order valence-corrected chi connectivity index (χ4v) is 5.28. The summed E-state index contributed by atoms with van der Waals surface area (Å²) in [5, 5.41) is 12.1. The number of nitrogens with zero attached hydrogens (tertiary/aromatic N) is 2. The van der Waals surface area contributed by atoms with E-state index in [-0.39, 0.29) is 24.9 Å². The molecule has 0 bridgehead atoms. The molecule has 9 nitrogen and oxygen atoms in total. The first-order valence-corrected chi connectivity index (χ1v) is 12.7. The summed E-state index contributed by atoms with van der Waals surface area (Å²) in [6, 6.07) is 14.7. The molecule has 2 aromatic rings. The van der Waals surface area contributed by atoms with Crippen molar-refractivity contribution in [1.82, 2.24) is 9.80 Å². The van der Waals surface area contributed by atoms with E-state index in [1.54, 1.807) is 23.1 Å². The molecule has 2 aromatic carbocycles. The van der Waals surface area contributed by atoms with E-state index >= 15 is 0 Å². The molecule has 0 radical (unpaired) electrons. The zero-order chi connectivity index (χ0) is 26.3. The summed E-state index contributed by atoms with van der Waals surface area (Å²) in [6.07, 6.45) is 0.863. The number of nitrogens with one attached hydrogen (secondary N) is 1. The molecule has 1 aliphatic heterocycles. The second-order valence-corrected chi connectivity index (χ2v) is 10.2. The highest BCUT2D eigenvalue weighted by atomic mass is 16.6. The lowest BCUT2D eigenvalue weighted by Gasteiger charge is -2.30. The first-order chi connectivity index (χ1) is 17.7. The fourth-order valence-electron chi connectivity index (χ4n) is 5.28. The normalized spacial score (nSPS) is 22.0. The van der Waals surface area contributed by atoms with E-state index in [9.17, 15) is 24.3 Å². The highest BCUT2D eigenvalue weighted by Gasteiger charge is 2.58. The van der Waals surface area contributed by atoms with Crippen LogP contribution >= 0.6 is 0 Å².